The molecular weight excluding hydrogens is 503 g/mol. The largest absolute Gasteiger partial charge is 0.379 e. The summed E-state index contributed by atoms with van der Waals surface area (Å²) in [6.07, 6.45) is 2.67. The molecule has 0 bridgehead atoms. The first kappa shape index (κ1) is 27.2. The molecule has 3 aliphatic rings. The number of amides is 1. The molecule has 3 aromatic carbocycles. The monoisotopic (exact) mass is 544 g/mol. The summed E-state index contributed by atoms with van der Waals surface area (Å²) in [6.45, 7) is 9.69. The number of carbonyl (C=O) groups excluding carboxylic acids is 1. The maximum atomic E-state index is 13.3. The van der Waals surface area contributed by atoms with E-state index in [1.165, 1.54) is 28.5 Å². The minimum Gasteiger partial charge on any atom is -0.379 e. The summed E-state index contributed by atoms with van der Waals surface area (Å²) < 4.78 is 19.0. The Balaban J connectivity index is 1.06. The average Bonchev–Trinajstić information content (AvgIpc) is 3.01. The van der Waals surface area contributed by atoms with Gasteiger partial charge in [-0.3, -0.25) is 14.6 Å². The van der Waals surface area contributed by atoms with Crippen LogP contribution in [0, 0.1) is 11.7 Å². The third-order valence-electron chi connectivity index (χ3n) is 9.07. The number of likely N-dealkylation sites (tertiary alicyclic amines) is 1. The number of halogens is 1. The first-order valence-corrected chi connectivity index (χ1v) is 14.9. The number of anilines is 1. The SMILES string of the molecule is O=C(CC[C@H]1CN(Cc2ccc3ccccc3c2)CC[C@H]1N1CCOCC1)N1CCN(c2ccc(F)cc2)CC1. The van der Waals surface area contributed by atoms with Crippen molar-refractivity contribution in [2.75, 3.05) is 70.5 Å². The van der Waals surface area contributed by atoms with Gasteiger partial charge < -0.3 is 14.5 Å². The van der Waals surface area contributed by atoms with Gasteiger partial charge in [-0.1, -0.05) is 36.4 Å². The number of piperidine rings is 1. The normalized spacial score (nSPS) is 23.0. The number of hydrogen-bond donors (Lipinski definition) is 0. The Morgan fingerprint density at radius 3 is 2.38 bits per heavy atom. The summed E-state index contributed by atoms with van der Waals surface area (Å²) in [5, 5.41) is 2.58. The van der Waals surface area contributed by atoms with Crippen molar-refractivity contribution in [2.24, 2.45) is 5.92 Å². The summed E-state index contributed by atoms with van der Waals surface area (Å²) >= 11 is 0. The van der Waals surface area contributed by atoms with E-state index < -0.39 is 0 Å². The third-order valence-corrected chi connectivity index (χ3v) is 9.07. The van der Waals surface area contributed by atoms with Gasteiger partial charge in [0.05, 0.1) is 13.2 Å². The topological polar surface area (TPSA) is 39.3 Å². The van der Waals surface area contributed by atoms with Crippen molar-refractivity contribution in [1.82, 2.24) is 14.7 Å². The molecule has 6 nitrogen and oxygen atoms in total. The minimum atomic E-state index is -0.216. The molecule has 0 aromatic heterocycles. The van der Waals surface area contributed by atoms with Crippen LogP contribution in [0.15, 0.2) is 66.7 Å². The number of fused-ring (bicyclic) bond motifs is 1. The number of nitrogens with zero attached hydrogens (tertiary/aromatic N) is 4. The van der Waals surface area contributed by atoms with Crippen LogP contribution in [-0.4, -0.2) is 92.2 Å². The van der Waals surface area contributed by atoms with Crippen molar-refractivity contribution in [1.29, 1.82) is 0 Å². The van der Waals surface area contributed by atoms with Gasteiger partial charge in [0.15, 0.2) is 0 Å². The van der Waals surface area contributed by atoms with Gasteiger partial charge in [-0.15, -0.1) is 0 Å². The van der Waals surface area contributed by atoms with Gasteiger partial charge in [0.1, 0.15) is 5.82 Å². The van der Waals surface area contributed by atoms with E-state index in [4.69, 9.17) is 4.74 Å². The fourth-order valence-corrected chi connectivity index (χ4v) is 6.84. The van der Waals surface area contributed by atoms with Crippen LogP contribution in [0.4, 0.5) is 10.1 Å². The van der Waals surface area contributed by atoms with Crippen molar-refractivity contribution in [3.8, 4) is 0 Å². The van der Waals surface area contributed by atoms with E-state index in [2.05, 4.69) is 57.2 Å². The first-order valence-electron chi connectivity index (χ1n) is 14.9. The molecule has 7 heteroatoms. The second-order valence-electron chi connectivity index (χ2n) is 11.6. The fourth-order valence-electron chi connectivity index (χ4n) is 6.84. The number of hydrogen-bond acceptors (Lipinski definition) is 5. The van der Waals surface area contributed by atoms with E-state index >= 15 is 0 Å². The molecule has 0 saturated carbocycles. The van der Waals surface area contributed by atoms with Crippen LogP contribution in [0.3, 0.4) is 0 Å². The Morgan fingerprint density at radius 2 is 1.60 bits per heavy atom. The van der Waals surface area contributed by atoms with Crippen LogP contribution in [-0.2, 0) is 16.1 Å². The van der Waals surface area contributed by atoms with Gasteiger partial charge in [0.2, 0.25) is 5.91 Å². The number of rotatable bonds is 7. The van der Waals surface area contributed by atoms with Gasteiger partial charge in [-0.05, 0) is 72.0 Å². The van der Waals surface area contributed by atoms with Crippen molar-refractivity contribution < 1.29 is 13.9 Å². The molecule has 2 atom stereocenters. The van der Waals surface area contributed by atoms with E-state index in [1.807, 2.05) is 17.0 Å². The van der Waals surface area contributed by atoms with Gasteiger partial charge in [0.25, 0.3) is 0 Å². The second-order valence-corrected chi connectivity index (χ2v) is 11.6. The molecule has 3 fully saturated rings. The molecule has 3 heterocycles. The molecule has 3 saturated heterocycles. The molecule has 0 unspecified atom stereocenters. The predicted molar refractivity (Wildman–Crippen MR) is 158 cm³/mol. The highest BCUT2D eigenvalue weighted by Gasteiger charge is 2.34. The lowest BCUT2D eigenvalue weighted by atomic mass is 9.86. The molecule has 3 aromatic rings. The molecule has 3 aliphatic heterocycles. The Hall–Kier alpha value is -3.00. The number of ether oxygens (including phenoxy) is 1. The van der Waals surface area contributed by atoms with Crippen molar-refractivity contribution in [2.45, 2.75) is 31.8 Å². The molecule has 6 rings (SSSR count). The molecule has 0 N–H and O–H groups in total. The summed E-state index contributed by atoms with van der Waals surface area (Å²) in [7, 11) is 0. The van der Waals surface area contributed by atoms with Crippen LogP contribution in [0.5, 0.6) is 0 Å². The number of benzene rings is 3. The molecule has 212 valence electrons. The molecule has 40 heavy (non-hydrogen) atoms. The van der Waals surface area contributed by atoms with Crippen molar-refractivity contribution in [3.63, 3.8) is 0 Å². The molecular formula is C33H41FN4O2. The lowest BCUT2D eigenvalue weighted by Crippen LogP contribution is -2.54. The number of piperazine rings is 1. The Morgan fingerprint density at radius 1 is 0.850 bits per heavy atom. The highest BCUT2D eigenvalue weighted by atomic mass is 19.1. The van der Waals surface area contributed by atoms with Gasteiger partial charge >= 0.3 is 0 Å². The first-order chi connectivity index (χ1) is 19.6. The zero-order chi connectivity index (χ0) is 27.3. The Labute approximate surface area is 237 Å². The van der Waals surface area contributed by atoms with Crippen LogP contribution >= 0.6 is 0 Å². The van der Waals surface area contributed by atoms with Crippen LogP contribution in [0.1, 0.15) is 24.8 Å². The van der Waals surface area contributed by atoms with E-state index in [0.717, 1.165) is 90.6 Å². The van der Waals surface area contributed by atoms with Gasteiger partial charge in [-0.2, -0.15) is 0 Å². The van der Waals surface area contributed by atoms with Gasteiger partial charge in [-0.25, -0.2) is 4.39 Å². The zero-order valence-corrected chi connectivity index (χ0v) is 23.4. The maximum absolute atomic E-state index is 13.3. The smallest absolute Gasteiger partial charge is 0.222 e. The minimum absolute atomic E-state index is 0.216. The van der Waals surface area contributed by atoms with E-state index in [-0.39, 0.29) is 11.7 Å². The third kappa shape index (κ3) is 6.48. The lowest BCUT2D eigenvalue weighted by Gasteiger charge is -2.45. The summed E-state index contributed by atoms with van der Waals surface area (Å²) in [4.78, 5) is 22.8. The van der Waals surface area contributed by atoms with E-state index in [9.17, 15) is 9.18 Å². The van der Waals surface area contributed by atoms with Crippen molar-refractivity contribution in [3.05, 3.63) is 78.1 Å². The molecule has 0 radical (unpaired) electrons. The Kier molecular flexibility index (Phi) is 8.61. The zero-order valence-electron chi connectivity index (χ0n) is 23.4. The average molecular weight is 545 g/mol. The van der Waals surface area contributed by atoms with Crippen LogP contribution in [0.25, 0.3) is 10.8 Å². The van der Waals surface area contributed by atoms with Crippen molar-refractivity contribution >= 4 is 22.4 Å². The highest BCUT2D eigenvalue weighted by molar-refractivity contribution is 5.83. The molecule has 1 amide bonds. The van der Waals surface area contributed by atoms with E-state index in [0.29, 0.717) is 18.4 Å². The highest BCUT2D eigenvalue weighted by Crippen LogP contribution is 2.29. The lowest BCUT2D eigenvalue weighted by molar-refractivity contribution is -0.132. The van der Waals surface area contributed by atoms with Gasteiger partial charge in [0, 0.05) is 70.5 Å². The van der Waals surface area contributed by atoms with Crippen LogP contribution in [0.2, 0.25) is 0 Å². The summed E-state index contributed by atoms with van der Waals surface area (Å²) in [6, 6.07) is 22.6. The molecule has 0 aliphatic carbocycles. The fraction of sp³-hybridized carbons (Fsp3) is 0.485. The van der Waals surface area contributed by atoms with E-state index in [1.54, 1.807) is 0 Å². The Bertz CT molecular complexity index is 1270. The standard InChI is InChI=1S/C33H41FN4O2/c34-30-8-10-31(11-9-30)36-15-17-38(18-16-36)33(39)12-7-29-25-35(14-13-32(29)37-19-21-40-22-20-37)24-26-5-6-27-3-1-2-4-28(27)23-26/h1-6,8-11,23,29,32H,7,12-22,24-25H2/t29-,32+/m0/s1. The quantitative estimate of drug-likeness (QED) is 0.434. The summed E-state index contributed by atoms with van der Waals surface area (Å²) in [5.74, 6) is 0.523. The summed E-state index contributed by atoms with van der Waals surface area (Å²) in [5.41, 5.74) is 2.38. The number of carbonyl (C=O) groups is 1. The second kappa shape index (κ2) is 12.7. The predicted octanol–water partition coefficient (Wildman–Crippen LogP) is 4.63. The van der Waals surface area contributed by atoms with Crippen LogP contribution < -0.4 is 4.90 Å². The molecule has 0 spiro atoms. The maximum Gasteiger partial charge on any atom is 0.222 e. The number of morpholine rings is 1.